The van der Waals surface area contributed by atoms with Gasteiger partial charge < -0.3 is 19.8 Å². The molecule has 102 valence electrons. The number of aliphatic carboxylic acids is 2. The molecule has 0 saturated carbocycles. The Morgan fingerprint density at radius 1 is 1.22 bits per heavy atom. The Labute approximate surface area is 103 Å². The number of likely N-dealkylation sites (N-methyl/N-ethyl adjacent to an activating group) is 1. The maximum absolute atomic E-state index is 11.5. The first-order chi connectivity index (χ1) is 8.31. The van der Waals surface area contributed by atoms with E-state index in [0.717, 1.165) is 7.05 Å². The lowest BCUT2D eigenvalue weighted by Gasteiger charge is -2.23. The van der Waals surface area contributed by atoms with Crippen LogP contribution >= 0.6 is 0 Å². The number of rotatable bonds is 6. The molecule has 0 aliphatic carbocycles. The summed E-state index contributed by atoms with van der Waals surface area (Å²) in [6.45, 7) is 1.50. The van der Waals surface area contributed by atoms with Crippen LogP contribution in [0.2, 0.25) is 0 Å². The molecule has 0 radical (unpaired) electrons. The van der Waals surface area contributed by atoms with Crippen LogP contribution in [0.3, 0.4) is 0 Å². The number of amides is 1. The topological polar surface area (TPSA) is 121 Å². The zero-order chi connectivity index (χ0) is 14.3. The highest BCUT2D eigenvalue weighted by Gasteiger charge is 2.31. The van der Waals surface area contributed by atoms with Crippen molar-refractivity contribution in [1.82, 2.24) is 4.90 Å². The van der Waals surface area contributed by atoms with Crippen LogP contribution in [0.1, 0.15) is 19.8 Å². The van der Waals surface area contributed by atoms with Gasteiger partial charge in [0.1, 0.15) is 6.04 Å². The predicted molar refractivity (Wildman–Crippen MR) is 57.7 cm³/mol. The highest BCUT2D eigenvalue weighted by atomic mass is 16.5. The number of nitrogens with zero attached hydrogens (tertiary/aromatic N) is 1. The Bertz CT molecular complexity index is 352. The average Bonchev–Trinajstić information content (AvgIpc) is 2.27. The molecule has 0 fully saturated rings. The van der Waals surface area contributed by atoms with Crippen LogP contribution in [0.15, 0.2) is 0 Å². The van der Waals surface area contributed by atoms with Crippen LogP contribution in [0.5, 0.6) is 0 Å². The Kier molecular flexibility index (Phi) is 6.40. The molecular weight excluding hydrogens is 246 g/mol. The van der Waals surface area contributed by atoms with Crippen molar-refractivity contribution in [2.24, 2.45) is 0 Å². The fourth-order valence-electron chi connectivity index (χ4n) is 1.22. The number of carbonyl (C=O) groups is 4. The lowest BCUT2D eigenvalue weighted by Crippen LogP contribution is -2.46. The van der Waals surface area contributed by atoms with E-state index in [0.29, 0.717) is 4.90 Å². The molecule has 8 heteroatoms. The van der Waals surface area contributed by atoms with Gasteiger partial charge in [-0.15, -0.1) is 0 Å². The number of esters is 1. The van der Waals surface area contributed by atoms with Crippen LogP contribution in [0.25, 0.3) is 0 Å². The maximum Gasteiger partial charge on any atom is 0.397 e. The number of carboxylic acid groups (broad SMARTS) is 2. The molecule has 0 aliphatic rings. The molecule has 2 N–H and O–H groups in total. The predicted octanol–water partition coefficient (Wildman–Crippen LogP) is -0.674. The van der Waals surface area contributed by atoms with Crippen molar-refractivity contribution >= 4 is 23.8 Å². The molecule has 0 aliphatic heterocycles. The molecule has 0 aromatic rings. The largest absolute Gasteiger partial charge is 0.481 e. The van der Waals surface area contributed by atoms with E-state index in [2.05, 4.69) is 4.74 Å². The van der Waals surface area contributed by atoms with Crippen molar-refractivity contribution in [3.63, 3.8) is 0 Å². The number of hydrogen-bond acceptors (Lipinski definition) is 5. The van der Waals surface area contributed by atoms with Gasteiger partial charge in [0.2, 0.25) is 0 Å². The first-order valence-electron chi connectivity index (χ1n) is 5.19. The molecule has 18 heavy (non-hydrogen) atoms. The van der Waals surface area contributed by atoms with Gasteiger partial charge in [-0.05, 0) is 13.3 Å². The normalized spacial score (nSPS) is 11.4. The Hall–Kier alpha value is -2.12. The molecule has 0 spiro atoms. The van der Waals surface area contributed by atoms with E-state index < -0.39 is 36.3 Å². The van der Waals surface area contributed by atoms with E-state index in [1.54, 1.807) is 0 Å². The van der Waals surface area contributed by atoms with Crippen LogP contribution < -0.4 is 0 Å². The van der Waals surface area contributed by atoms with Gasteiger partial charge in [0.15, 0.2) is 0 Å². The zero-order valence-corrected chi connectivity index (χ0v) is 10.1. The van der Waals surface area contributed by atoms with Crippen LogP contribution in [-0.4, -0.2) is 58.6 Å². The van der Waals surface area contributed by atoms with E-state index >= 15 is 0 Å². The van der Waals surface area contributed by atoms with Crippen molar-refractivity contribution < 1.29 is 34.1 Å². The standard InChI is InChI=1S/C10H15NO7/c1-3-18-10(17)8(14)11(2)6(9(15)16)4-5-7(12)13/h6H,3-5H2,1-2H3,(H,12,13)(H,15,16). The van der Waals surface area contributed by atoms with Gasteiger partial charge in [-0.25, -0.2) is 9.59 Å². The highest BCUT2D eigenvalue weighted by Crippen LogP contribution is 2.07. The summed E-state index contributed by atoms with van der Waals surface area (Å²) in [6.07, 6.45) is -0.705. The number of hydrogen-bond donors (Lipinski definition) is 2. The monoisotopic (exact) mass is 261 g/mol. The number of carboxylic acids is 2. The molecule has 0 heterocycles. The van der Waals surface area contributed by atoms with Crippen LogP contribution in [0, 0.1) is 0 Å². The third-order valence-corrected chi connectivity index (χ3v) is 2.15. The summed E-state index contributed by atoms with van der Waals surface area (Å²) in [5.41, 5.74) is 0. The summed E-state index contributed by atoms with van der Waals surface area (Å²) >= 11 is 0. The summed E-state index contributed by atoms with van der Waals surface area (Å²) in [6, 6.07) is -1.38. The molecular formula is C10H15NO7. The second-order valence-electron chi connectivity index (χ2n) is 3.42. The van der Waals surface area contributed by atoms with E-state index in [-0.39, 0.29) is 13.0 Å². The lowest BCUT2D eigenvalue weighted by atomic mass is 10.1. The summed E-state index contributed by atoms with van der Waals surface area (Å²) in [5.74, 6) is -4.84. The van der Waals surface area contributed by atoms with Crippen molar-refractivity contribution in [2.75, 3.05) is 13.7 Å². The van der Waals surface area contributed by atoms with Gasteiger partial charge in [0, 0.05) is 13.5 Å². The minimum absolute atomic E-state index is 0.00865. The zero-order valence-electron chi connectivity index (χ0n) is 10.1. The Morgan fingerprint density at radius 2 is 1.78 bits per heavy atom. The number of ether oxygens (including phenoxy) is 1. The van der Waals surface area contributed by atoms with Gasteiger partial charge in [0.25, 0.3) is 0 Å². The third-order valence-electron chi connectivity index (χ3n) is 2.15. The van der Waals surface area contributed by atoms with Crippen molar-refractivity contribution in [3.8, 4) is 0 Å². The van der Waals surface area contributed by atoms with Crippen molar-refractivity contribution in [3.05, 3.63) is 0 Å². The fraction of sp³-hybridized carbons (Fsp3) is 0.600. The third kappa shape index (κ3) is 4.81. The van der Waals surface area contributed by atoms with Crippen LogP contribution in [0.4, 0.5) is 0 Å². The van der Waals surface area contributed by atoms with E-state index in [1.165, 1.54) is 6.92 Å². The SMILES string of the molecule is CCOC(=O)C(=O)N(C)C(CCC(=O)O)C(=O)O. The molecule has 0 aromatic heterocycles. The van der Waals surface area contributed by atoms with Gasteiger partial charge in [-0.3, -0.25) is 9.59 Å². The second kappa shape index (κ2) is 7.25. The Balaban J connectivity index is 4.70. The summed E-state index contributed by atoms with van der Waals surface area (Å²) in [5, 5.41) is 17.3. The van der Waals surface area contributed by atoms with Gasteiger partial charge in [-0.2, -0.15) is 0 Å². The Morgan fingerprint density at radius 3 is 2.17 bits per heavy atom. The molecule has 1 atom stereocenters. The molecule has 1 unspecified atom stereocenters. The fourth-order valence-corrected chi connectivity index (χ4v) is 1.22. The van der Waals surface area contributed by atoms with Gasteiger partial charge in [0.05, 0.1) is 6.61 Å². The number of carbonyl (C=O) groups excluding carboxylic acids is 2. The second-order valence-corrected chi connectivity index (χ2v) is 3.42. The summed E-state index contributed by atoms with van der Waals surface area (Å²) in [7, 11) is 1.11. The smallest absolute Gasteiger partial charge is 0.397 e. The van der Waals surface area contributed by atoms with Gasteiger partial charge in [-0.1, -0.05) is 0 Å². The summed E-state index contributed by atoms with van der Waals surface area (Å²) < 4.78 is 4.44. The van der Waals surface area contributed by atoms with Crippen molar-refractivity contribution in [1.29, 1.82) is 0 Å². The molecule has 8 nitrogen and oxygen atoms in total. The van der Waals surface area contributed by atoms with Crippen molar-refractivity contribution in [2.45, 2.75) is 25.8 Å². The first-order valence-corrected chi connectivity index (χ1v) is 5.19. The quantitative estimate of drug-likeness (QED) is 0.480. The average molecular weight is 261 g/mol. The minimum Gasteiger partial charge on any atom is -0.481 e. The molecule has 0 aromatic carbocycles. The first kappa shape index (κ1) is 15.9. The lowest BCUT2D eigenvalue weighted by molar-refractivity contribution is -0.163. The highest BCUT2D eigenvalue weighted by molar-refractivity contribution is 6.32. The molecule has 0 saturated heterocycles. The molecule has 0 bridgehead atoms. The van der Waals surface area contributed by atoms with Crippen LogP contribution in [-0.2, 0) is 23.9 Å². The van der Waals surface area contributed by atoms with E-state index in [9.17, 15) is 19.2 Å². The molecule has 1 amide bonds. The minimum atomic E-state index is -1.38. The van der Waals surface area contributed by atoms with E-state index in [1.807, 2.05) is 0 Å². The molecule has 0 rings (SSSR count). The van der Waals surface area contributed by atoms with E-state index in [4.69, 9.17) is 10.2 Å². The summed E-state index contributed by atoms with van der Waals surface area (Å²) in [4.78, 5) is 44.5. The van der Waals surface area contributed by atoms with Gasteiger partial charge >= 0.3 is 23.8 Å². The maximum atomic E-state index is 11.5.